The summed E-state index contributed by atoms with van der Waals surface area (Å²) >= 11 is 0. The van der Waals surface area contributed by atoms with Crippen molar-refractivity contribution in [3.63, 3.8) is 0 Å². The molecule has 6 nitrogen and oxygen atoms in total. The number of aromatic nitrogens is 3. The molecular formula is C15H28N4O2. The molecule has 0 unspecified atom stereocenters. The molecule has 0 aromatic carbocycles. The van der Waals surface area contributed by atoms with Gasteiger partial charge in [-0.15, -0.1) is 5.10 Å². The first-order valence-corrected chi connectivity index (χ1v) is 7.85. The molecule has 2 heterocycles. The Morgan fingerprint density at radius 2 is 2.14 bits per heavy atom. The summed E-state index contributed by atoms with van der Waals surface area (Å²) in [6.07, 6.45) is 2.57. The van der Waals surface area contributed by atoms with Gasteiger partial charge in [0.05, 0.1) is 12.8 Å². The zero-order valence-corrected chi connectivity index (χ0v) is 13.6. The van der Waals surface area contributed by atoms with Crippen molar-refractivity contribution < 1.29 is 9.84 Å². The van der Waals surface area contributed by atoms with Gasteiger partial charge in [-0.25, -0.2) is 4.68 Å². The summed E-state index contributed by atoms with van der Waals surface area (Å²) in [5, 5.41) is 19.0. The van der Waals surface area contributed by atoms with Gasteiger partial charge in [0.15, 0.2) is 0 Å². The molecule has 1 saturated heterocycles. The summed E-state index contributed by atoms with van der Waals surface area (Å²) in [4.78, 5) is 2.23. The number of nitrogens with zero attached hydrogens (tertiary/aromatic N) is 4. The first-order valence-electron chi connectivity index (χ1n) is 7.85. The van der Waals surface area contributed by atoms with Crippen LogP contribution in [0.1, 0.15) is 45.9 Å². The van der Waals surface area contributed by atoms with Crippen molar-refractivity contribution in [1.82, 2.24) is 19.9 Å². The molecule has 1 aromatic rings. The lowest BCUT2D eigenvalue weighted by atomic mass is 10.00. The van der Waals surface area contributed by atoms with Gasteiger partial charge in [-0.2, -0.15) is 0 Å². The van der Waals surface area contributed by atoms with Crippen molar-refractivity contribution in [2.75, 3.05) is 32.8 Å². The van der Waals surface area contributed by atoms with Crippen LogP contribution in [-0.2, 0) is 10.3 Å². The molecule has 1 aromatic heterocycles. The van der Waals surface area contributed by atoms with Gasteiger partial charge in [-0.3, -0.25) is 4.90 Å². The molecule has 1 aliphatic heterocycles. The van der Waals surface area contributed by atoms with Gasteiger partial charge >= 0.3 is 0 Å². The highest BCUT2D eigenvalue weighted by Crippen LogP contribution is 2.30. The Morgan fingerprint density at radius 1 is 1.38 bits per heavy atom. The standard InChI is InChI=1S/C15H28N4O2/c1-12(2)10-21-8-7-18-6-5-15(20,11-18)14-9-19(13(3)4)17-16-14/h9,12-13,20H,5-8,10-11H2,1-4H3/t15-/m1/s1. The summed E-state index contributed by atoms with van der Waals surface area (Å²) in [7, 11) is 0. The molecular weight excluding hydrogens is 268 g/mol. The van der Waals surface area contributed by atoms with Gasteiger partial charge in [-0.1, -0.05) is 19.1 Å². The minimum Gasteiger partial charge on any atom is -0.382 e. The molecule has 0 spiro atoms. The van der Waals surface area contributed by atoms with Crippen LogP contribution >= 0.6 is 0 Å². The monoisotopic (exact) mass is 296 g/mol. The van der Waals surface area contributed by atoms with Gasteiger partial charge in [0.2, 0.25) is 0 Å². The highest BCUT2D eigenvalue weighted by molar-refractivity contribution is 5.11. The predicted molar refractivity (Wildman–Crippen MR) is 81.0 cm³/mol. The topological polar surface area (TPSA) is 63.4 Å². The van der Waals surface area contributed by atoms with Crippen molar-refractivity contribution >= 4 is 0 Å². The van der Waals surface area contributed by atoms with E-state index in [4.69, 9.17) is 4.74 Å². The number of hydrogen-bond donors (Lipinski definition) is 1. The Kier molecular flexibility index (Phi) is 5.35. The van der Waals surface area contributed by atoms with Crippen LogP contribution in [0, 0.1) is 5.92 Å². The first-order chi connectivity index (χ1) is 9.90. The Morgan fingerprint density at radius 3 is 2.76 bits per heavy atom. The van der Waals surface area contributed by atoms with Gasteiger partial charge < -0.3 is 9.84 Å². The Labute approximate surface area is 127 Å². The summed E-state index contributed by atoms with van der Waals surface area (Å²) in [6.45, 7) is 12.2. The Bertz CT molecular complexity index is 447. The molecule has 1 aliphatic rings. The third-order valence-corrected chi connectivity index (χ3v) is 3.85. The average molecular weight is 296 g/mol. The molecule has 1 N–H and O–H groups in total. The maximum absolute atomic E-state index is 10.8. The van der Waals surface area contributed by atoms with Crippen molar-refractivity contribution in [1.29, 1.82) is 0 Å². The SMILES string of the molecule is CC(C)COCCN1CC[C@](O)(c2cn(C(C)C)nn2)C1. The number of likely N-dealkylation sites (tertiary alicyclic amines) is 1. The van der Waals surface area contributed by atoms with Gasteiger partial charge in [0.1, 0.15) is 11.3 Å². The molecule has 1 atom stereocenters. The fraction of sp³-hybridized carbons (Fsp3) is 0.867. The van der Waals surface area contributed by atoms with Crippen LogP contribution in [-0.4, -0.2) is 57.8 Å². The van der Waals surface area contributed by atoms with E-state index in [1.54, 1.807) is 4.68 Å². The molecule has 6 heteroatoms. The minimum absolute atomic E-state index is 0.261. The Hall–Kier alpha value is -0.980. The van der Waals surface area contributed by atoms with E-state index in [1.807, 2.05) is 6.20 Å². The van der Waals surface area contributed by atoms with E-state index in [0.717, 1.165) is 19.7 Å². The smallest absolute Gasteiger partial charge is 0.124 e. The second-order valence-corrected chi connectivity index (χ2v) is 6.70. The molecule has 0 aliphatic carbocycles. The van der Waals surface area contributed by atoms with Crippen molar-refractivity contribution in [3.8, 4) is 0 Å². The molecule has 1 fully saturated rings. The Balaban J connectivity index is 1.84. The molecule has 2 rings (SSSR count). The van der Waals surface area contributed by atoms with E-state index in [2.05, 4.69) is 42.9 Å². The number of rotatable bonds is 7. The highest BCUT2D eigenvalue weighted by atomic mass is 16.5. The third-order valence-electron chi connectivity index (χ3n) is 3.85. The zero-order valence-electron chi connectivity index (χ0n) is 13.6. The molecule has 0 saturated carbocycles. The van der Waals surface area contributed by atoms with E-state index >= 15 is 0 Å². The molecule has 0 amide bonds. The van der Waals surface area contributed by atoms with Crippen LogP contribution in [0.4, 0.5) is 0 Å². The van der Waals surface area contributed by atoms with Crippen LogP contribution in [0.2, 0.25) is 0 Å². The maximum Gasteiger partial charge on any atom is 0.124 e. The normalized spacial score (nSPS) is 23.6. The van der Waals surface area contributed by atoms with E-state index < -0.39 is 5.60 Å². The predicted octanol–water partition coefficient (Wildman–Crippen LogP) is 1.42. The van der Waals surface area contributed by atoms with Crippen LogP contribution in [0.15, 0.2) is 6.20 Å². The second-order valence-electron chi connectivity index (χ2n) is 6.70. The molecule has 120 valence electrons. The van der Waals surface area contributed by atoms with Gasteiger partial charge in [0, 0.05) is 32.3 Å². The molecule has 0 radical (unpaired) electrons. The second kappa shape index (κ2) is 6.85. The molecule has 0 bridgehead atoms. The van der Waals surface area contributed by atoms with Gasteiger partial charge in [-0.05, 0) is 26.2 Å². The van der Waals surface area contributed by atoms with E-state index in [1.165, 1.54) is 0 Å². The number of hydrogen-bond acceptors (Lipinski definition) is 5. The molecule has 21 heavy (non-hydrogen) atoms. The number of ether oxygens (including phenoxy) is 1. The van der Waals surface area contributed by atoms with Crippen molar-refractivity contribution in [3.05, 3.63) is 11.9 Å². The summed E-state index contributed by atoms with van der Waals surface area (Å²) in [5.74, 6) is 0.562. The van der Waals surface area contributed by atoms with Crippen molar-refractivity contribution in [2.45, 2.75) is 45.8 Å². The van der Waals surface area contributed by atoms with Crippen molar-refractivity contribution in [2.24, 2.45) is 5.92 Å². The summed E-state index contributed by atoms with van der Waals surface area (Å²) in [5.41, 5.74) is -0.188. The highest BCUT2D eigenvalue weighted by Gasteiger charge is 2.39. The van der Waals surface area contributed by atoms with Gasteiger partial charge in [0.25, 0.3) is 0 Å². The lowest BCUT2D eigenvalue weighted by molar-refractivity contribution is 0.0348. The van der Waals surface area contributed by atoms with Crippen LogP contribution in [0.3, 0.4) is 0 Å². The maximum atomic E-state index is 10.8. The van der Waals surface area contributed by atoms with E-state index in [-0.39, 0.29) is 6.04 Å². The average Bonchev–Trinajstić information content (AvgIpc) is 3.02. The lowest BCUT2D eigenvalue weighted by Crippen LogP contribution is -2.33. The van der Waals surface area contributed by atoms with E-state index in [0.29, 0.717) is 31.2 Å². The van der Waals surface area contributed by atoms with Crippen LogP contribution in [0.5, 0.6) is 0 Å². The zero-order chi connectivity index (χ0) is 15.5. The fourth-order valence-electron chi connectivity index (χ4n) is 2.53. The van der Waals surface area contributed by atoms with Crippen LogP contribution in [0.25, 0.3) is 0 Å². The largest absolute Gasteiger partial charge is 0.382 e. The first kappa shape index (κ1) is 16.4. The van der Waals surface area contributed by atoms with Crippen LogP contribution < -0.4 is 0 Å². The number of β-amino-alcohol motifs (C(OH)–C–C–N with tert-alkyl or cyclic N) is 1. The quantitative estimate of drug-likeness (QED) is 0.771. The summed E-state index contributed by atoms with van der Waals surface area (Å²) < 4.78 is 7.40. The number of aliphatic hydroxyl groups is 1. The minimum atomic E-state index is -0.870. The van der Waals surface area contributed by atoms with E-state index in [9.17, 15) is 5.11 Å². The fourth-order valence-corrected chi connectivity index (χ4v) is 2.53. The third kappa shape index (κ3) is 4.25. The lowest BCUT2D eigenvalue weighted by Gasteiger charge is -2.21. The summed E-state index contributed by atoms with van der Waals surface area (Å²) in [6, 6.07) is 0.261.